The molecule has 0 amide bonds. The zero-order valence-corrected chi connectivity index (χ0v) is 12.4. The molecule has 0 saturated carbocycles. The molecule has 3 rings (SSSR count). The van der Waals surface area contributed by atoms with Gasteiger partial charge in [0, 0.05) is 31.9 Å². The van der Waals surface area contributed by atoms with E-state index in [1.165, 1.54) is 70.8 Å². The summed E-state index contributed by atoms with van der Waals surface area (Å²) >= 11 is 0. The SMILES string of the molecule is c1ccc(N2CCN(CCC3CCCNC3)CC2)cc1. The monoisotopic (exact) mass is 273 g/mol. The number of nitrogens with one attached hydrogen (secondary N) is 1. The van der Waals surface area contributed by atoms with Crippen molar-refractivity contribution < 1.29 is 0 Å². The molecule has 3 nitrogen and oxygen atoms in total. The Balaban J connectivity index is 1.40. The first-order chi connectivity index (χ1) is 9.92. The molecule has 2 heterocycles. The molecule has 1 aromatic carbocycles. The van der Waals surface area contributed by atoms with Crippen molar-refractivity contribution in [2.75, 3.05) is 50.7 Å². The largest absolute Gasteiger partial charge is 0.369 e. The van der Waals surface area contributed by atoms with E-state index >= 15 is 0 Å². The predicted molar refractivity (Wildman–Crippen MR) is 85.3 cm³/mol. The molecule has 2 aliphatic rings. The van der Waals surface area contributed by atoms with Gasteiger partial charge in [0.2, 0.25) is 0 Å². The molecule has 0 aromatic heterocycles. The Labute approximate surface area is 123 Å². The van der Waals surface area contributed by atoms with Crippen molar-refractivity contribution in [2.45, 2.75) is 19.3 Å². The van der Waals surface area contributed by atoms with Crippen LogP contribution in [0.25, 0.3) is 0 Å². The van der Waals surface area contributed by atoms with Crippen LogP contribution in [-0.2, 0) is 0 Å². The Hall–Kier alpha value is -1.06. The molecule has 0 aliphatic carbocycles. The van der Waals surface area contributed by atoms with E-state index in [0.29, 0.717) is 0 Å². The third-order valence-corrected chi connectivity index (χ3v) is 4.75. The molecular weight excluding hydrogens is 246 g/mol. The van der Waals surface area contributed by atoms with Gasteiger partial charge in [-0.25, -0.2) is 0 Å². The molecular formula is C17H27N3. The summed E-state index contributed by atoms with van der Waals surface area (Å²) in [5.41, 5.74) is 1.38. The maximum atomic E-state index is 3.52. The molecule has 1 aromatic rings. The predicted octanol–water partition coefficient (Wildman–Crippen LogP) is 2.20. The van der Waals surface area contributed by atoms with E-state index in [1.54, 1.807) is 0 Å². The topological polar surface area (TPSA) is 18.5 Å². The summed E-state index contributed by atoms with van der Waals surface area (Å²) in [6, 6.07) is 10.8. The maximum absolute atomic E-state index is 3.52. The minimum atomic E-state index is 0.913. The lowest BCUT2D eigenvalue weighted by Crippen LogP contribution is -2.47. The van der Waals surface area contributed by atoms with Gasteiger partial charge in [0.15, 0.2) is 0 Å². The summed E-state index contributed by atoms with van der Waals surface area (Å²) in [6.07, 6.45) is 4.17. The van der Waals surface area contributed by atoms with Crippen LogP contribution in [0.3, 0.4) is 0 Å². The Kier molecular flexibility index (Phi) is 4.93. The molecule has 1 unspecified atom stereocenters. The van der Waals surface area contributed by atoms with E-state index in [-0.39, 0.29) is 0 Å². The van der Waals surface area contributed by atoms with Crippen LogP contribution in [-0.4, -0.2) is 50.7 Å². The Morgan fingerprint density at radius 1 is 1.05 bits per heavy atom. The van der Waals surface area contributed by atoms with E-state index in [2.05, 4.69) is 45.4 Å². The number of para-hydroxylation sites is 1. The Morgan fingerprint density at radius 2 is 1.85 bits per heavy atom. The van der Waals surface area contributed by atoms with Crippen molar-refractivity contribution in [1.29, 1.82) is 0 Å². The lowest BCUT2D eigenvalue weighted by molar-refractivity contribution is 0.226. The van der Waals surface area contributed by atoms with E-state index in [4.69, 9.17) is 0 Å². The first kappa shape index (κ1) is 13.9. The van der Waals surface area contributed by atoms with E-state index < -0.39 is 0 Å². The minimum absolute atomic E-state index is 0.913. The summed E-state index contributed by atoms with van der Waals surface area (Å²) in [5.74, 6) is 0.913. The van der Waals surface area contributed by atoms with Gasteiger partial charge in [-0.1, -0.05) is 18.2 Å². The molecule has 0 spiro atoms. The number of hydrogen-bond donors (Lipinski definition) is 1. The van der Waals surface area contributed by atoms with Crippen LogP contribution in [0.15, 0.2) is 30.3 Å². The zero-order valence-electron chi connectivity index (χ0n) is 12.4. The average Bonchev–Trinajstić information content (AvgIpc) is 2.55. The van der Waals surface area contributed by atoms with Crippen LogP contribution in [0.1, 0.15) is 19.3 Å². The highest BCUT2D eigenvalue weighted by Crippen LogP contribution is 2.18. The number of piperidine rings is 1. The van der Waals surface area contributed by atoms with Crippen molar-refractivity contribution in [2.24, 2.45) is 5.92 Å². The zero-order chi connectivity index (χ0) is 13.6. The molecule has 2 saturated heterocycles. The summed E-state index contributed by atoms with van der Waals surface area (Å²) in [5, 5.41) is 3.52. The van der Waals surface area contributed by atoms with Gasteiger partial charge in [-0.2, -0.15) is 0 Å². The summed E-state index contributed by atoms with van der Waals surface area (Å²) in [6.45, 7) is 8.54. The van der Waals surface area contributed by atoms with Gasteiger partial charge < -0.3 is 10.2 Å². The van der Waals surface area contributed by atoms with Gasteiger partial charge >= 0.3 is 0 Å². The number of nitrogens with zero attached hydrogens (tertiary/aromatic N) is 2. The molecule has 0 bridgehead atoms. The van der Waals surface area contributed by atoms with Gasteiger partial charge in [-0.05, 0) is 56.9 Å². The number of anilines is 1. The second kappa shape index (κ2) is 7.09. The number of rotatable bonds is 4. The summed E-state index contributed by atoms with van der Waals surface area (Å²) in [7, 11) is 0. The van der Waals surface area contributed by atoms with Crippen molar-refractivity contribution in [1.82, 2.24) is 10.2 Å². The van der Waals surface area contributed by atoms with Crippen molar-refractivity contribution in [3.8, 4) is 0 Å². The molecule has 110 valence electrons. The molecule has 2 fully saturated rings. The van der Waals surface area contributed by atoms with Crippen LogP contribution in [0.2, 0.25) is 0 Å². The second-order valence-corrected chi connectivity index (χ2v) is 6.17. The van der Waals surface area contributed by atoms with Gasteiger partial charge in [-0.3, -0.25) is 4.90 Å². The van der Waals surface area contributed by atoms with Crippen LogP contribution in [0, 0.1) is 5.92 Å². The number of piperazine rings is 1. The van der Waals surface area contributed by atoms with Crippen LogP contribution in [0.4, 0.5) is 5.69 Å². The fourth-order valence-electron chi connectivity index (χ4n) is 3.40. The quantitative estimate of drug-likeness (QED) is 0.907. The van der Waals surface area contributed by atoms with Crippen molar-refractivity contribution in [3.63, 3.8) is 0 Å². The highest BCUT2D eigenvalue weighted by molar-refractivity contribution is 5.46. The number of hydrogen-bond acceptors (Lipinski definition) is 3. The Morgan fingerprint density at radius 3 is 2.55 bits per heavy atom. The van der Waals surface area contributed by atoms with E-state index in [1.807, 2.05) is 0 Å². The van der Waals surface area contributed by atoms with Gasteiger partial charge in [-0.15, -0.1) is 0 Å². The first-order valence-corrected chi connectivity index (χ1v) is 8.15. The van der Waals surface area contributed by atoms with Crippen molar-refractivity contribution >= 4 is 5.69 Å². The van der Waals surface area contributed by atoms with E-state index in [0.717, 1.165) is 5.92 Å². The normalized spacial score (nSPS) is 24.8. The molecule has 1 N–H and O–H groups in total. The van der Waals surface area contributed by atoms with Gasteiger partial charge in [0.25, 0.3) is 0 Å². The molecule has 3 heteroatoms. The highest BCUT2D eigenvalue weighted by Gasteiger charge is 2.19. The van der Waals surface area contributed by atoms with Crippen LogP contribution in [0.5, 0.6) is 0 Å². The molecule has 20 heavy (non-hydrogen) atoms. The Bertz CT molecular complexity index is 378. The van der Waals surface area contributed by atoms with Gasteiger partial charge in [0.1, 0.15) is 0 Å². The third kappa shape index (κ3) is 3.74. The molecule has 0 radical (unpaired) electrons. The fourth-order valence-corrected chi connectivity index (χ4v) is 3.40. The standard InChI is InChI=1S/C17H27N3/c1-2-6-17(7-3-1)20-13-11-19(12-14-20)10-8-16-5-4-9-18-15-16/h1-3,6-7,16,18H,4-5,8-15H2. The smallest absolute Gasteiger partial charge is 0.0367 e. The van der Waals surface area contributed by atoms with Crippen LogP contribution >= 0.6 is 0 Å². The lowest BCUT2D eigenvalue weighted by atomic mass is 9.96. The lowest BCUT2D eigenvalue weighted by Gasteiger charge is -2.37. The average molecular weight is 273 g/mol. The first-order valence-electron chi connectivity index (χ1n) is 8.15. The van der Waals surface area contributed by atoms with Crippen molar-refractivity contribution in [3.05, 3.63) is 30.3 Å². The van der Waals surface area contributed by atoms with E-state index in [9.17, 15) is 0 Å². The minimum Gasteiger partial charge on any atom is -0.369 e. The maximum Gasteiger partial charge on any atom is 0.0367 e. The summed E-state index contributed by atoms with van der Waals surface area (Å²) in [4.78, 5) is 5.16. The molecule has 2 aliphatic heterocycles. The highest BCUT2D eigenvalue weighted by atomic mass is 15.3. The van der Waals surface area contributed by atoms with Gasteiger partial charge in [0.05, 0.1) is 0 Å². The summed E-state index contributed by atoms with van der Waals surface area (Å²) < 4.78 is 0. The molecule has 1 atom stereocenters. The van der Waals surface area contributed by atoms with Crippen LogP contribution < -0.4 is 10.2 Å². The third-order valence-electron chi connectivity index (χ3n) is 4.75. The second-order valence-electron chi connectivity index (χ2n) is 6.17. The number of benzene rings is 1. The fraction of sp³-hybridized carbons (Fsp3) is 0.647.